The molecule has 0 radical (unpaired) electrons. The summed E-state index contributed by atoms with van der Waals surface area (Å²) in [5.74, 6) is -1.82. The first kappa shape index (κ1) is 19.7. The lowest BCUT2D eigenvalue weighted by atomic mass is 10.1. The van der Waals surface area contributed by atoms with Crippen molar-refractivity contribution in [3.05, 3.63) is 23.8 Å². The van der Waals surface area contributed by atoms with Crippen molar-refractivity contribution in [2.75, 3.05) is 47.4 Å². The van der Waals surface area contributed by atoms with Gasteiger partial charge in [0.15, 0.2) is 0 Å². The average Bonchev–Trinajstić information content (AvgIpc) is 2.57. The van der Waals surface area contributed by atoms with Gasteiger partial charge in [0, 0.05) is 38.3 Å². The van der Waals surface area contributed by atoms with Gasteiger partial charge < -0.3 is 24.6 Å². The maximum atomic E-state index is 9.10. The van der Waals surface area contributed by atoms with Gasteiger partial charge in [0.25, 0.3) is 0 Å². The van der Waals surface area contributed by atoms with Gasteiger partial charge in [-0.3, -0.25) is 4.90 Å². The summed E-state index contributed by atoms with van der Waals surface area (Å²) in [5.41, 5.74) is 1.20. The number of likely N-dealkylation sites (N-methyl/N-ethyl adjacent to an activating group) is 1. The summed E-state index contributed by atoms with van der Waals surface area (Å²) >= 11 is 0. The summed E-state index contributed by atoms with van der Waals surface area (Å²) in [7, 11) is 5.58. The molecule has 0 aliphatic carbocycles. The number of hydrogen-bond acceptors (Lipinski definition) is 6. The molecule has 0 spiro atoms. The maximum Gasteiger partial charge on any atom is 0.414 e. The van der Waals surface area contributed by atoms with E-state index in [0.717, 1.165) is 44.2 Å². The van der Waals surface area contributed by atoms with Crippen molar-refractivity contribution in [1.29, 1.82) is 0 Å². The lowest BCUT2D eigenvalue weighted by Gasteiger charge is -2.32. The van der Waals surface area contributed by atoms with E-state index in [-0.39, 0.29) is 0 Å². The molecule has 2 N–H and O–H groups in total. The van der Waals surface area contributed by atoms with Crippen molar-refractivity contribution in [3.63, 3.8) is 0 Å². The van der Waals surface area contributed by atoms with Crippen LogP contribution in [0.3, 0.4) is 0 Å². The Hall–Kier alpha value is -2.32. The summed E-state index contributed by atoms with van der Waals surface area (Å²) in [4.78, 5) is 23.0. The topological polar surface area (TPSA) is 99.5 Å². The fourth-order valence-electron chi connectivity index (χ4n) is 2.25. The molecule has 1 heterocycles. The number of benzene rings is 1. The first-order valence-electron chi connectivity index (χ1n) is 7.45. The van der Waals surface area contributed by atoms with E-state index in [0.29, 0.717) is 0 Å². The Kier molecular flexibility index (Phi) is 8.00. The maximum absolute atomic E-state index is 9.10. The van der Waals surface area contributed by atoms with Crippen molar-refractivity contribution in [3.8, 4) is 11.5 Å². The van der Waals surface area contributed by atoms with Crippen molar-refractivity contribution in [1.82, 2.24) is 9.80 Å². The number of carbonyl (C=O) groups is 2. The minimum atomic E-state index is -1.82. The van der Waals surface area contributed by atoms with Crippen LogP contribution >= 0.6 is 0 Å². The van der Waals surface area contributed by atoms with E-state index in [1.54, 1.807) is 14.2 Å². The molecular formula is C16H24N2O6. The van der Waals surface area contributed by atoms with Crippen molar-refractivity contribution >= 4 is 11.9 Å². The quantitative estimate of drug-likeness (QED) is 0.769. The van der Waals surface area contributed by atoms with Gasteiger partial charge >= 0.3 is 11.9 Å². The first-order chi connectivity index (χ1) is 11.4. The second-order valence-corrected chi connectivity index (χ2v) is 5.37. The molecule has 1 aromatic rings. The van der Waals surface area contributed by atoms with E-state index in [2.05, 4.69) is 22.9 Å². The van der Waals surface area contributed by atoms with Gasteiger partial charge in [0.2, 0.25) is 0 Å². The van der Waals surface area contributed by atoms with Gasteiger partial charge in [-0.25, -0.2) is 9.59 Å². The highest BCUT2D eigenvalue weighted by Gasteiger charge is 2.16. The lowest BCUT2D eigenvalue weighted by Crippen LogP contribution is -2.43. The molecule has 1 saturated heterocycles. The van der Waals surface area contributed by atoms with Crippen molar-refractivity contribution in [2.24, 2.45) is 0 Å². The molecule has 1 aromatic carbocycles. The van der Waals surface area contributed by atoms with E-state index in [1.807, 2.05) is 12.1 Å². The Bertz CT molecular complexity index is 543. The van der Waals surface area contributed by atoms with Crippen LogP contribution in [0.15, 0.2) is 18.2 Å². The molecular weight excluding hydrogens is 316 g/mol. The van der Waals surface area contributed by atoms with Crippen LogP contribution in [0.4, 0.5) is 0 Å². The summed E-state index contributed by atoms with van der Waals surface area (Å²) in [6.45, 7) is 5.40. The monoisotopic (exact) mass is 340 g/mol. The molecule has 0 unspecified atom stereocenters. The molecule has 0 bridgehead atoms. The molecule has 0 aromatic heterocycles. The third kappa shape index (κ3) is 6.43. The minimum absolute atomic E-state index is 0.889. The van der Waals surface area contributed by atoms with Crippen molar-refractivity contribution in [2.45, 2.75) is 6.54 Å². The predicted octanol–water partition coefficient (Wildman–Crippen LogP) is 0.607. The van der Waals surface area contributed by atoms with E-state index < -0.39 is 11.9 Å². The molecule has 1 fully saturated rings. The van der Waals surface area contributed by atoms with Crippen LogP contribution in [0.1, 0.15) is 5.56 Å². The second kappa shape index (κ2) is 9.74. The van der Waals surface area contributed by atoms with Crippen molar-refractivity contribution < 1.29 is 29.3 Å². The third-order valence-electron chi connectivity index (χ3n) is 3.66. The number of methoxy groups -OCH3 is 2. The van der Waals surface area contributed by atoms with E-state index in [1.165, 1.54) is 5.56 Å². The number of carboxylic acid groups (broad SMARTS) is 2. The van der Waals surface area contributed by atoms with Gasteiger partial charge in [-0.2, -0.15) is 0 Å². The molecule has 0 saturated carbocycles. The summed E-state index contributed by atoms with van der Waals surface area (Å²) in [5, 5.41) is 14.8. The predicted molar refractivity (Wildman–Crippen MR) is 87.6 cm³/mol. The standard InChI is InChI=1S/C14H22N2O2.C2H2O4/c1-15-6-8-16(9-7-15)11-12-10-13(17-2)4-5-14(12)18-3;3-1(4)2(5)6/h4-5,10H,6-9,11H2,1-3H3;(H,3,4)(H,5,6). The molecule has 2 rings (SSSR count). The SMILES string of the molecule is COc1ccc(OC)c(CN2CCN(C)CC2)c1.O=C(O)C(=O)O. The number of rotatable bonds is 4. The molecule has 8 heteroatoms. The van der Waals surface area contributed by atoms with Gasteiger partial charge in [-0.15, -0.1) is 0 Å². The molecule has 1 aliphatic heterocycles. The zero-order chi connectivity index (χ0) is 18.1. The number of nitrogens with zero attached hydrogens (tertiary/aromatic N) is 2. The van der Waals surface area contributed by atoms with E-state index >= 15 is 0 Å². The molecule has 24 heavy (non-hydrogen) atoms. The molecule has 8 nitrogen and oxygen atoms in total. The summed E-state index contributed by atoms with van der Waals surface area (Å²) < 4.78 is 10.7. The Balaban J connectivity index is 0.000000413. The van der Waals surface area contributed by atoms with E-state index in [4.69, 9.17) is 29.3 Å². The number of aliphatic carboxylic acids is 2. The van der Waals surface area contributed by atoms with Crippen LogP contribution in [-0.2, 0) is 16.1 Å². The normalized spacial score (nSPS) is 15.1. The highest BCUT2D eigenvalue weighted by molar-refractivity contribution is 6.27. The number of piperazine rings is 1. The summed E-state index contributed by atoms with van der Waals surface area (Å²) in [6, 6.07) is 5.98. The number of hydrogen-bond donors (Lipinski definition) is 2. The zero-order valence-electron chi connectivity index (χ0n) is 14.2. The highest BCUT2D eigenvalue weighted by atomic mass is 16.5. The molecule has 1 aliphatic rings. The van der Waals surface area contributed by atoms with Crippen LogP contribution in [0, 0.1) is 0 Å². The fourth-order valence-corrected chi connectivity index (χ4v) is 2.25. The highest BCUT2D eigenvalue weighted by Crippen LogP contribution is 2.25. The van der Waals surface area contributed by atoms with Gasteiger partial charge in [0.05, 0.1) is 14.2 Å². The van der Waals surface area contributed by atoms with Crippen LogP contribution < -0.4 is 9.47 Å². The lowest BCUT2D eigenvalue weighted by molar-refractivity contribution is -0.159. The third-order valence-corrected chi connectivity index (χ3v) is 3.66. The fraction of sp³-hybridized carbons (Fsp3) is 0.500. The molecule has 134 valence electrons. The minimum Gasteiger partial charge on any atom is -0.497 e. The number of ether oxygens (including phenoxy) is 2. The Morgan fingerprint density at radius 2 is 1.62 bits per heavy atom. The van der Waals surface area contributed by atoms with Gasteiger partial charge in [-0.05, 0) is 25.2 Å². The van der Waals surface area contributed by atoms with Gasteiger partial charge in [-0.1, -0.05) is 0 Å². The Morgan fingerprint density at radius 3 is 2.08 bits per heavy atom. The summed E-state index contributed by atoms with van der Waals surface area (Å²) in [6.07, 6.45) is 0. The van der Waals surface area contributed by atoms with Crippen LogP contribution in [0.2, 0.25) is 0 Å². The van der Waals surface area contributed by atoms with Crippen LogP contribution in [0.5, 0.6) is 11.5 Å². The van der Waals surface area contributed by atoms with E-state index in [9.17, 15) is 0 Å². The Labute approximate surface area is 141 Å². The molecule has 0 atom stereocenters. The van der Waals surface area contributed by atoms with Crippen LogP contribution in [0.25, 0.3) is 0 Å². The van der Waals surface area contributed by atoms with Crippen LogP contribution in [-0.4, -0.2) is 79.4 Å². The number of carboxylic acids is 2. The zero-order valence-corrected chi connectivity index (χ0v) is 14.2. The molecule has 0 amide bonds. The Morgan fingerprint density at radius 1 is 1.04 bits per heavy atom. The van der Waals surface area contributed by atoms with Gasteiger partial charge in [0.1, 0.15) is 11.5 Å². The second-order valence-electron chi connectivity index (χ2n) is 5.37. The first-order valence-corrected chi connectivity index (χ1v) is 7.45. The smallest absolute Gasteiger partial charge is 0.414 e. The average molecular weight is 340 g/mol. The largest absolute Gasteiger partial charge is 0.497 e.